The van der Waals surface area contributed by atoms with Crippen LogP contribution in [0.2, 0.25) is 4.82 Å². The summed E-state index contributed by atoms with van der Waals surface area (Å²) in [5.41, 5.74) is 1.06. The number of ether oxygens (including phenoxy) is 1. The van der Waals surface area contributed by atoms with Crippen molar-refractivity contribution in [2.75, 3.05) is 13.2 Å². The van der Waals surface area contributed by atoms with E-state index in [-0.39, 0.29) is 39.4 Å². The summed E-state index contributed by atoms with van der Waals surface area (Å²) in [7, 11) is 0. The molecule has 0 saturated carbocycles. The van der Waals surface area contributed by atoms with Crippen LogP contribution in [0.25, 0.3) is 0 Å². The molecular weight excluding hydrogens is 383 g/mol. The molecule has 0 amide bonds. The van der Waals surface area contributed by atoms with Gasteiger partial charge in [0.05, 0.1) is 0 Å². The van der Waals surface area contributed by atoms with E-state index in [9.17, 15) is 15.3 Å². The number of aliphatic hydroxyl groups is 3. The minimum atomic E-state index is -0.716. The fourth-order valence-corrected chi connectivity index (χ4v) is 4.94. The molecule has 0 aromatic heterocycles. The summed E-state index contributed by atoms with van der Waals surface area (Å²) in [6.45, 7) is 0.676. The molecule has 0 radical (unpaired) electrons. The molecule has 0 heterocycles. The maximum atomic E-state index is 10.5. The van der Waals surface area contributed by atoms with E-state index in [1.54, 1.807) is 0 Å². The Bertz CT molecular complexity index is 579. The van der Waals surface area contributed by atoms with Crippen molar-refractivity contribution in [3.8, 4) is 0 Å². The second-order valence-electron chi connectivity index (χ2n) is 5.94. The zero-order chi connectivity index (χ0) is 17.9. The van der Waals surface area contributed by atoms with Crippen LogP contribution in [-0.4, -0.2) is 55.7 Å². The van der Waals surface area contributed by atoms with Crippen molar-refractivity contribution in [2.45, 2.75) is 36.5 Å². The quantitative estimate of drug-likeness (QED) is 0.493. The first-order valence-corrected chi connectivity index (χ1v) is 10.3. The van der Waals surface area contributed by atoms with E-state index in [4.69, 9.17) is 4.74 Å². The molecule has 0 aliphatic heterocycles. The van der Waals surface area contributed by atoms with E-state index in [1.165, 1.54) is 4.46 Å². The molecule has 3 N–H and O–H groups in total. The second-order valence-corrected chi connectivity index (χ2v) is 8.69. The Kier molecular flexibility index (Phi) is 9.19. The fourth-order valence-electron chi connectivity index (χ4n) is 2.52. The van der Waals surface area contributed by atoms with Gasteiger partial charge >= 0.3 is 155 Å². The van der Waals surface area contributed by atoms with E-state index < -0.39 is 12.2 Å². The SMILES string of the molecule is OCC[C@H]([Se]c1ccccc1)[C@@H](O)C[C@@H](O)COCc1ccccc1. The molecule has 0 spiro atoms. The minimum absolute atomic E-state index is 0.0244. The molecule has 0 unspecified atom stereocenters. The second kappa shape index (κ2) is 11.4. The number of rotatable bonds is 11. The third-order valence-corrected chi connectivity index (χ3v) is 6.74. The fraction of sp³-hybridized carbons (Fsp3) is 0.400. The molecule has 2 aromatic carbocycles. The topological polar surface area (TPSA) is 69.9 Å². The van der Waals surface area contributed by atoms with Crippen molar-refractivity contribution < 1.29 is 20.1 Å². The first-order chi connectivity index (χ1) is 12.2. The van der Waals surface area contributed by atoms with Crippen molar-refractivity contribution >= 4 is 19.4 Å². The third-order valence-electron chi connectivity index (χ3n) is 3.81. The average molecular weight is 409 g/mol. The summed E-state index contributed by atoms with van der Waals surface area (Å²) in [5.74, 6) is 0. The average Bonchev–Trinajstić information content (AvgIpc) is 2.63. The molecular formula is C20H26O4Se. The molecule has 2 aromatic rings. The maximum absolute atomic E-state index is 10.5. The Morgan fingerprint density at radius 1 is 0.920 bits per heavy atom. The van der Waals surface area contributed by atoms with Crippen molar-refractivity contribution in [1.82, 2.24) is 0 Å². The van der Waals surface area contributed by atoms with Crippen LogP contribution >= 0.6 is 0 Å². The first kappa shape index (κ1) is 20.1. The number of aliphatic hydroxyl groups excluding tert-OH is 3. The number of hydrogen-bond acceptors (Lipinski definition) is 4. The van der Waals surface area contributed by atoms with Gasteiger partial charge in [0.15, 0.2) is 0 Å². The molecule has 136 valence electrons. The molecule has 0 fully saturated rings. The number of benzene rings is 2. The molecule has 0 bridgehead atoms. The van der Waals surface area contributed by atoms with Crippen molar-refractivity contribution in [3.63, 3.8) is 0 Å². The van der Waals surface area contributed by atoms with E-state index in [0.717, 1.165) is 5.56 Å². The van der Waals surface area contributed by atoms with Gasteiger partial charge in [-0.1, -0.05) is 0 Å². The standard InChI is InChI=1S/C20H26O4Se/c21-12-11-20(25-18-9-5-2-6-10-18)19(23)13-17(22)15-24-14-16-7-3-1-4-8-16/h1-10,17,19-23H,11-15H2/t17-,19+,20+/m1/s1. The summed E-state index contributed by atoms with van der Waals surface area (Å²) < 4.78 is 6.72. The van der Waals surface area contributed by atoms with Crippen LogP contribution in [0, 0.1) is 0 Å². The van der Waals surface area contributed by atoms with E-state index >= 15 is 0 Å². The summed E-state index contributed by atoms with van der Waals surface area (Å²) in [6, 6.07) is 19.8. The predicted octanol–water partition coefficient (Wildman–Crippen LogP) is 1.52. The zero-order valence-corrected chi connectivity index (χ0v) is 15.9. The van der Waals surface area contributed by atoms with Gasteiger partial charge in [-0.15, -0.1) is 0 Å². The van der Waals surface area contributed by atoms with Crippen LogP contribution in [0.5, 0.6) is 0 Å². The Morgan fingerprint density at radius 3 is 2.20 bits per heavy atom. The number of hydrogen-bond donors (Lipinski definition) is 3. The van der Waals surface area contributed by atoms with Gasteiger partial charge < -0.3 is 0 Å². The van der Waals surface area contributed by atoms with Gasteiger partial charge in [0.25, 0.3) is 0 Å². The molecule has 5 heteroatoms. The molecule has 0 aliphatic rings. The Balaban J connectivity index is 1.77. The molecule has 3 atom stereocenters. The Labute approximate surface area is 155 Å². The molecule has 25 heavy (non-hydrogen) atoms. The normalized spacial score (nSPS) is 14.8. The molecule has 0 saturated heterocycles. The summed E-state index contributed by atoms with van der Waals surface area (Å²) in [5, 5.41) is 29.9. The monoisotopic (exact) mass is 410 g/mol. The molecule has 0 aliphatic carbocycles. The van der Waals surface area contributed by atoms with Crippen LogP contribution in [0.1, 0.15) is 18.4 Å². The van der Waals surface area contributed by atoms with Crippen LogP contribution in [0.3, 0.4) is 0 Å². The van der Waals surface area contributed by atoms with Crippen molar-refractivity contribution in [3.05, 3.63) is 66.2 Å². The summed E-state index contributed by atoms with van der Waals surface area (Å²) in [6.07, 6.45) is -0.573. The van der Waals surface area contributed by atoms with Crippen LogP contribution in [-0.2, 0) is 11.3 Å². The van der Waals surface area contributed by atoms with Gasteiger partial charge in [0.1, 0.15) is 0 Å². The van der Waals surface area contributed by atoms with Crippen molar-refractivity contribution in [1.29, 1.82) is 0 Å². The van der Waals surface area contributed by atoms with Crippen molar-refractivity contribution in [2.24, 2.45) is 0 Å². The van der Waals surface area contributed by atoms with Gasteiger partial charge in [0, 0.05) is 0 Å². The summed E-state index contributed by atoms with van der Waals surface area (Å²) >= 11 is 0.0496. The van der Waals surface area contributed by atoms with Crippen LogP contribution in [0.4, 0.5) is 0 Å². The zero-order valence-electron chi connectivity index (χ0n) is 14.2. The van der Waals surface area contributed by atoms with E-state index in [1.807, 2.05) is 60.7 Å². The van der Waals surface area contributed by atoms with E-state index in [0.29, 0.717) is 13.0 Å². The first-order valence-electron chi connectivity index (χ1n) is 8.49. The van der Waals surface area contributed by atoms with Gasteiger partial charge in [-0.25, -0.2) is 0 Å². The van der Waals surface area contributed by atoms with Gasteiger partial charge in [-0.05, 0) is 0 Å². The van der Waals surface area contributed by atoms with Gasteiger partial charge in [-0.3, -0.25) is 0 Å². The van der Waals surface area contributed by atoms with Gasteiger partial charge in [0.2, 0.25) is 0 Å². The Hall–Kier alpha value is -1.20. The van der Waals surface area contributed by atoms with Crippen LogP contribution < -0.4 is 4.46 Å². The van der Waals surface area contributed by atoms with Crippen LogP contribution in [0.15, 0.2) is 60.7 Å². The molecule has 4 nitrogen and oxygen atoms in total. The predicted molar refractivity (Wildman–Crippen MR) is 100 cm³/mol. The molecule has 2 rings (SSSR count). The van der Waals surface area contributed by atoms with E-state index in [2.05, 4.69) is 0 Å². The Morgan fingerprint density at radius 2 is 1.56 bits per heavy atom. The third kappa shape index (κ3) is 7.70. The van der Waals surface area contributed by atoms with Gasteiger partial charge in [-0.2, -0.15) is 0 Å². The summed E-state index contributed by atoms with van der Waals surface area (Å²) in [4.78, 5) is -0.0244.